The van der Waals surface area contributed by atoms with E-state index in [0.717, 1.165) is 31.7 Å². The first-order valence-electron chi connectivity index (χ1n) is 7.58. The van der Waals surface area contributed by atoms with E-state index in [2.05, 4.69) is 5.32 Å². The Morgan fingerprint density at radius 1 is 1.40 bits per heavy atom. The molecule has 1 aromatic rings. The smallest absolute Gasteiger partial charge is 0.246 e. The molecule has 2 aliphatic rings. The lowest BCUT2D eigenvalue weighted by Crippen LogP contribution is -2.46. The number of piperidine rings is 1. The molecule has 2 heterocycles. The predicted molar refractivity (Wildman–Crippen MR) is 78.1 cm³/mol. The summed E-state index contributed by atoms with van der Waals surface area (Å²) in [5, 5.41) is 3.52. The zero-order valence-electron chi connectivity index (χ0n) is 11.8. The lowest BCUT2D eigenvalue weighted by Gasteiger charge is -2.30. The van der Waals surface area contributed by atoms with Gasteiger partial charge in [-0.25, -0.2) is 0 Å². The molecule has 4 heteroatoms. The summed E-state index contributed by atoms with van der Waals surface area (Å²) in [5.74, 6) is 0.834. The van der Waals surface area contributed by atoms with Gasteiger partial charge in [0.25, 0.3) is 0 Å². The molecular weight excluding hydrogens is 252 g/mol. The van der Waals surface area contributed by atoms with Crippen LogP contribution in [0, 0.1) is 0 Å². The van der Waals surface area contributed by atoms with Crippen LogP contribution in [-0.2, 0) is 4.79 Å². The number of carbonyl (C=O) groups excluding carboxylic acids is 1. The molecule has 1 saturated heterocycles. The fourth-order valence-electron chi connectivity index (χ4n) is 2.76. The summed E-state index contributed by atoms with van der Waals surface area (Å²) in [6.45, 7) is 1.92. The van der Waals surface area contributed by atoms with Gasteiger partial charge in [0.1, 0.15) is 5.76 Å². The molecule has 1 saturated carbocycles. The van der Waals surface area contributed by atoms with Gasteiger partial charge in [0.05, 0.1) is 6.26 Å². The minimum Gasteiger partial charge on any atom is -0.465 e. The summed E-state index contributed by atoms with van der Waals surface area (Å²) in [7, 11) is 0. The van der Waals surface area contributed by atoms with Gasteiger partial charge >= 0.3 is 0 Å². The third-order valence-electron chi connectivity index (χ3n) is 4.03. The lowest BCUT2D eigenvalue weighted by molar-refractivity contribution is -0.127. The van der Waals surface area contributed by atoms with E-state index in [-0.39, 0.29) is 5.91 Å². The Labute approximate surface area is 119 Å². The Morgan fingerprint density at radius 3 is 2.95 bits per heavy atom. The van der Waals surface area contributed by atoms with Crippen molar-refractivity contribution in [3.05, 3.63) is 30.2 Å². The minimum absolute atomic E-state index is 0.108. The average Bonchev–Trinajstić information content (AvgIpc) is 3.19. The number of hydrogen-bond donors (Lipinski definition) is 1. The summed E-state index contributed by atoms with van der Waals surface area (Å²) < 4.78 is 5.22. The molecule has 1 aliphatic heterocycles. The molecule has 1 amide bonds. The van der Waals surface area contributed by atoms with E-state index in [9.17, 15) is 4.79 Å². The van der Waals surface area contributed by atoms with Gasteiger partial charge < -0.3 is 14.6 Å². The van der Waals surface area contributed by atoms with E-state index in [1.165, 1.54) is 19.3 Å². The topological polar surface area (TPSA) is 45.5 Å². The number of furan rings is 1. The number of nitrogens with one attached hydrogen (secondary N) is 1. The van der Waals surface area contributed by atoms with Crippen LogP contribution in [0.2, 0.25) is 0 Å². The second-order valence-corrected chi connectivity index (χ2v) is 5.72. The molecule has 108 valence electrons. The second-order valence-electron chi connectivity index (χ2n) is 5.72. The van der Waals surface area contributed by atoms with Gasteiger partial charge in [-0.05, 0) is 50.4 Å². The average molecular weight is 274 g/mol. The van der Waals surface area contributed by atoms with Crippen LogP contribution >= 0.6 is 0 Å². The van der Waals surface area contributed by atoms with Crippen LogP contribution < -0.4 is 5.32 Å². The van der Waals surface area contributed by atoms with Crippen molar-refractivity contribution in [2.75, 3.05) is 13.1 Å². The van der Waals surface area contributed by atoms with E-state index in [0.29, 0.717) is 12.1 Å². The SMILES string of the molecule is O=C(/C=C/c1ccco1)N(CC1CCCCN1)C1CC1. The quantitative estimate of drug-likeness (QED) is 0.839. The number of rotatable bonds is 5. The summed E-state index contributed by atoms with van der Waals surface area (Å²) >= 11 is 0. The Bertz CT molecular complexity index is 457. The summed E-state index contributed by atoms with van der Waals surface area (Å²) in [5.41, 5.74) is 0. The number of hydrogen-bond acceptors (Lipinski definition) is 3. The third-order valence-corrected chi connectivity index (χ3v) is 4.03. The van der Waals surface area contributed by atoms with Gasteiger partial charge in [0.2, 0.25) is 5.91 Å². The number of carbonyl (C=O) groups is 1. The maximum absolute atomic E-state index is 12.4. The van der Waals surface area contributed by atoms with Crippen molar-refractivity contribution >= 4 is 12.0 Å². The van der Waals surface area contributed by atoms with E-state index >= 15 is 0 Å². The van der Waals surface area contributed by atoms with Crippen molar-refractivity contribution in [3.63, 3.8) is 0 Å². The van der Waals surface area contributed by atoms with Crippen LogP contribution in [-0.4, -0.2) is 36.0 Å². The third kappa shape index (κ3) is 3.51. The van der Waals surface area contributed by atoms with Gasteiger partial charge in [-0.3, -0.25) is 4.79 Å². The van der Waals surface area contributed by atoms with Crippen molar-refractivity contribution in [2.45, 2.75) is 44.2 Å². The monoisotopic (exact) mass is 274 g/mol. The molecule has 2 fully saturated rings. The van der Waals surface area contributed by atoms with Crippen LogP contribution in [0.4, 0.5) is 0 Å². The van der Waals surface area contributed by atoms with Crippen molar-refractivity contribution in [3.8, 4) is 0 Å². The maximum Gasteiger partial charge on any atom is 0.246 e. The molecule has 0 aromatic carbocycles. The number of nitrogens with zero attached hydrogens (tertiary/aromatic N) is 1. The van der Waals surface area contributed by atoms with Gasteiger partial charge in [-0.1, -0.05) is 6.42 Å². The first-order chi connectivity index (χ1) is 9.83. The zero-order valence-corrected chi connectivity index (χ0v) is 11.8. The molecule has 1 aromatic heterocycles. The summed E-state index contributed by atoms with van der Waals surface area (Å²) in [6, 6.07) is 4.60. The molecule has 1 aliphatic carbocycles. The zero-order chi connectivity index (χ0) is 13.8. The fourth-order valence-corrected chi connectivity index (χ4v) is 2.76. The van der Waals surface area contributed by atoms with E-state index in [1.54, 1.807) is 18.4 Å². The van der Waals surface area contributed by atoms with E-state index in [4.69, 9.17) is 4.42 Å². The summed E-state index contributed by atoms with van der Waals surface area (Å²) in [6.07, 6.45) is 11.0. The normalized spacial score (nSPS) is 23.1. The van der Waals surface area contributed by atoms with Crippen molar-refractivity contribution < 1.29 is 9.21 Å². The Morgan fingerprint density at radius 2 is 2.30 bits per heavy atom. The van der Waals surface area contributed by atoms with Gasteiger partial charge in [-0.15, -0.1) is 0 Å². The van der Waals surface area contributed by atoms with E-state index < -0.39 is 0 Å². The van der Waals surface area contributed by atoms with Crippen LogP contribution in [0.15, 0.2) is 28.9 Å². The highest BCUT2D eigenvalue weighted by atomic mass is 16.3. The lowest BCUT2D eigenvalue weighted by atomic mass is 10.0. The number of amides is 1. The van der Waals surface area contributed by atoms with Crippen LogP contribution in [0.25, 0.3) is 6.08 Å². The molecule has 20 heavy (non-hydrogen) atoms. The van der Waals surface area contributed by atoms with Crippen molar-refractivity contribution in [1.82, 2.24) is 10.2 Å². The molecule has 3 rings (SSSR count). The molecule has 1 atom stereocenters. The van der Waals surface area contributed by atoms with Crippen molar-refractivity contribution in [1.29, 1.82) is 0 Å². The highest BCUT2D eigenvalue weighted by Crippen LogP contribution is 2.28. The highest BCUT2D eigenvalue weighted by Gasteiger charge is 2.33. The molecule has 0 bridgehead atoms. The molecule has 1 N–H and O–H groups in total. The fraction of sp³-hybridized carbons (Fsp3) is 0.562. The second kappa shape index (κ2) is 6.27. The Hall–Kier alpha value is -1.55. The van der Waals surface area contributed by atoms with Gasteiger partial charge in [0.15, 0.2) is 0 Å². The molecule has 1 unspecified atom stereocenters. The summed E-state index contributed by atoms with van der Waals surface area (Å²) in [4.78, 5) is 14.4. The predicted octanol–water partition coefficient (Wildman–Crippen LogP) is 2.43. The molecule has 0 radical (unpaired) electrons. The van der Waals surface area contributed by atoms with Crippen LogP contribution in [0.1, 0.15) is 37.9 Å². The molecule has 0 spiro atoms. The van der Waals surface area contributed by atoms with Gasteiger partial charge in [-0.2, -0.15) is 0 Å². The van der Waals surface area contributed by atoms with Crippen LogP contribution in [0.3, 0.4) is 0 Å². The first kappa shape index (κ1) is 13.4. The highest BCUT2D eigenvalue weighted by molar-refractivity contribution is 5.91. The Balaban J connectivity index is 1.59. The van der Waals surface area contributed by atoms with Crippen molar-refractivity contribution in [2.24, 2.45) is 0 Å². The standard InChI is InChI=1S/C16H22N2O2/c19-16(9-8-15-5-3-11-20-15)18(14-6-7-14)12-13-4-1-2-10-17-13/h3,5,8-9,11,13-14,17H,1-2,4,6-7,10,12H2/b9-8+. The maximum atomic E-state index is 12.4. The molecule has 4 nitrogen and oxygen atoms in total. The van der Waals surface area contributed by atoms with Gasteiger partial charge in [0, 0.05) is 24.7 Å². The van der Waals surface area contributed by atoms with Crippen LogP contribution in [0.5, 0.6) is 0 Å². The first-order valence-corrected chi connectivity index (χ1v) is 7.58. The largest absolute Gasteiger partial charge is 0.465 e. The Kier molecular flexibility index (Phi) is 4.21. The van der Waals surface area contributed by atoms with E-state index in [1.807, 2.05) is 17.0 Å². The molecular formula is C16H22N2O2. The minimum atomic E-state index is 0.108.